The Morgan fingerprint density at radius 3 is 2.70 bits per heavy atom. The molecule has 0 radical (unpaired) electrons. The zero-order valence-corrected chi connectivity index (χ0v) is 16.5. The molecule has 0 bridgehead atoms. The minimum Gasteiger partial charge on any atom is -0.497 e. The van der Waals surface area contributed by atoms with E-state index in [-0.39, 0.29) is 24.8 Å². The number of aromatic nitrogens is 3. The van der Waals surface area contributed by atoms with Crippen molar-refractivity contribution in [3.05, 3.63) is 85.1 Å². The van der Waals surface area contributed by atoms with Crippen molar-refractivity contribution >= 4 is 28.3 Å². The number of hydrogen-bond donors (Lipinski definition) is 1. The number of carbonyl (C=O) groups excluding carboxylic acids is 2. The summed E-state index contributed by atoms with van der Waals surface area (Å²) in [5.41, 5.74) is 2.03. The van der Waals surface area contributed by atoms with Crippen LogP contribution in [0.15, 0.2) is 79.5 Å². The number of Topliss-reactive ketones (excluding diaryl/α,β-unsaturated/α-hetero) is 1. The summed E-state index contributed by atoms with van der Waals surface area (Å²) in [5, 5.41) is 3.87. The van der Waals surface area contributed by atoms with E-state index in [1.807, 2.05) is 30.3 Å². The molecule has 0 aliphatic carbocycles. The van der Waals surface area contributed by atoms with Crippen LogP contribution in [0.4, 0.5) is 5.69 Å². The van der Waals surface area contributed by atoms with Crippen LogP contribution in [0.3, 0.4) is 0 Å². The van der Waals surface area contributed by atoms with E-state index < -0.39 is 0 Å². The number of ketones is 1. The Bertz CT molecular complexity index is 1190. The fourth-order valence-electron chi connectivity index (χ4n) is 3.22. The number of benzene rings is 2. The second kappa shape index (κ2) is 8.57. The van der Waals surface area contributed by atoms with E-state index in [1.54, 1.807) is 65.4 Å². The fourth-order valence-corrected chi connectivity index (χ4v) is 3.22. The molecule has 1 N–H and O–H groups in total. The molecule has 7 nitrogen and oxygen atoms in total. The molecule has 0 unspecified atom stereocenters. The van der Waals surface area contributed by atoms with E-state index in [0.29, 0.717) is 17.0 Å². The molecule has 0 saturated heterocycles. The highest BCUT2D eigenvalue weighted by atomic mass is 16.5. The van der Waals surface area contributed by atoms with E-state index in [0.717, 1.165) is 10.9 Å². The van der Waals surface area contributed by atoms with E-state index in [1.165, 1.54) is 0 Å². The number of rotatable bonds is 7. The molecule has 2 heterocycles. The van der Waals surface area contributed by atoms with Crippen molar-refractivity contribution in [3.8, 4) is 5.75 Å². The number of anilines is 1. The third-order valence-corrected chi connectivity index (χ3v) is 4.72. The van der Waals surface area contributed by atoms with Gasteiger partial charge in [-0.2, -0.15) is 0 Å². The number of hydrogen-bond acceptors (Lipinski definition) is 4. The molecule has 0 atom stereocenters. The highest BCUT2D eigenvalue weighted by Crippen LogP contribution is 2.20. The summed E-state index contributed by atoms with van der Waals surface area (Å²) >= 11 is 0. The summed E-state index contributed by atoms with van der Waals surface area (Å²) in [6.07, 6.45) is 6.98. The third kappa shape index (κ3) is 4.35. The van der Waals surface area contributed by atoms with Crippen LogP contribution in [-0.2, 0) is 17.9 Å². The number of fused-ring (bicyclic) bond motifs is 1. The van der Waals surface area contributed by atoms with E-state index in [9.17, 15) is 9.59 Å². The van der Waals surface area contributed by atoms with Gasteiger partial charge in [0.2, 0.25) is 12.1 Å². The summed E-state index contributed by atoms with van der Waals surface area (Å²) in [5.74, 6) is 0.516. The highest BCUT2D eigenvalue weighted by Gasteiger charge is 2.14. The van der Waals surface area contributed by atoms with Gasteiger partial charge in [0.1, 0.15) is 18.1 Å². The minimum atomic E-state index is -0.169. The van der Waals surface area contributed by atoms with Gasteiger partial charge < -0.3 is 10.1 Å². The largest absolute Gasteiger partial charge is 0.497 e. The summed E-state index contributed by atoms with van der Waals surface area (Å²) in [4.78, 5) is 29.3. The van der Waals surface area contributed by atoms with Crippen LogP contribution in [-0.4, -0.2) is 28.4 Å². The second-order valence-corrected chi connectivity index (χ2v) is 6.84. The van der Waals surface area contributed by atoms with Crippen LogP contribution in [0, 0.1) is 0 Å². The van der Waals surface area contributed by atoms with Gasteiger partial charge in [-0.25, -0.2) is 9.13 Å². The Morgan fingerprint density at radius 2 is 1.90 bits per heavy atom. The standard InChI is InChI=1S/C23H20N4O3/c1-30-19-9-7-17(8-10-19)21(28)14-26-12-13-27(16-26)15-22(29)25-20-6-2-4-18-5-3-11-24-23(18)20/h2-13,16H,14-15H2,1H3/p+1. The summed E-state index contributed by atoms with van der Waals surface area (Å²) in [6, 6.07) is 16.5. The molecule has 2 aromatic carbocycles. The van der Waals surface area contributed by atoms with Crippen LogP contribution in [0.1, 0.15) is 10.4 Å². The number of carbonyl (C=O) groups is 2. The maximum atomic E-state index is 12.5. The maximum Gasteiger partial charge on any atom is 0.266 e. The van der Waals surface area contributed by atoms with Crippen molar-refractivity contribution in [2.24, 2.45) is 0 Å². The first-order chi connectivity index (χ1) is 14.6. The fraction of sp³-hybridized carbons (Fsp3) is 0.130. The zero-order valence-electron chi connectivity index (χ0n) is 16.5. The lowest BCUT2D eigenvalue weighted by Gasteiger charge is -2.06. The molecule has 0 aliphatic heterocycles. The molecule has 0 spiro atoms. The van der Waals surface area contributed by atoms with Crippen LogP contribution < -0.4 is 14.6 Å². The number of amides is 1. The maximum absolute atomic E-state index is 12.5. The second-order valence-electron chi connectivity index (χ2n) is 6.84. The number of ether oxygens (including phenoxy) is 1. The molecule has 4 aromatic rings. The Balaban J connectivity index is 1.39. The van der Waals surface area contributed by atoms with Crippen molar-refractivity contribution in [2.75, 3.05) is 12.4 Å². The lowest BCUT2D eigenvalue weighted by atomic mass is 10.1. The predicted molar refractivity (Wildman–Crippen MR) is 112 cm³/mol. The third-order valence-electron chi connectivity index (χ3n) is 4.72. The van der Waals surface area contributed by atoms with Crippen molar-refractivity contribution in [1.29, 1.82) is 0 Å². The minimum absolute atomic E-state index is 0.0216. The zero-order chi connectivity index (χ0) is 20.9. The molecule has 0 saturated carbocycles. The number of pyridine rings is 1. The molecule has 150 valence electrons. The smallest absolute Gasteiger partial charge is 0.266 e. The van der Waals surface area contributed by atoms with E-state index in [2.05, 4.69) is 10.3 Å². The normalized spacial score (nSPS) is 10.7. The summed E-state index contributed by atoms with van der Waals surface area (Å²) in [6.45, 7) is 0.321. The molecule has 0 aliphatic rings. The molecule has 0 fully saturated rings. The number of imidazole rings is 1. The quantitative estimate of drug-likeness (QED) is 0.382. The SMILES string of the molecule is COc1ccc(C(=O)C[n+]2ccn(CC(=O)Nc3cccc4cccnc34)c2)cc1. The van der Waals surface area contributed by atoms with E-state index in [4.69, 9.17) is 4.74 Å². The lowest BCUT2D eigenvalue weighted by Crippen LogP contribution is -2.36. The van der Waals surface area contributed by atoms with Crippen molar-refractivity contribution in [3.63, 3.8) is 0 Å². The Kier molecular flexibility index (Phi) is 5.52. The van der Waals surface area contributed by atoms with Crippen LogP contribution in [0.5, 0.6) is 5.75 Å². The summed E-state index contributed by atoms with van der Waals surface area (Å²) in [7, 11) is 1.59. The van der Waals surface area contributed by atoms with Crippen molar-refractivity contribution in [1.82, 2.24) is 9.55 Å². The van der Waals surface area contributed by atoms with Gasteiger partial charge in [-0.3, -0.25) is 14.6 Å². The Hall–Kier alpha value is -4.00. The van der Waals surface area contributed by atoms with Gasteiger partial charge in [0, 0.05) is 17.1 Å². The monoisotopic (exact) mass is 401 g/mol. The Labute approximate surface area is 173 Å². The molecule has 30 heavy (non-hydrogen) atoms. The first kappa shape index (κ1) is 19.3. The van der Waals surface area contributed by atoms with Gasteiger partial charge in [-0.05, 0) is 36.4 Å². The van der Waals surface area contributed by atoms with Gasteiger partial charge >= 0.3 is 0 Å². The van der Waals surface area contributed by atoms with Gasteiger partial charge in [-0.1, -0.05) is 18.2 Å². The average Bonchev–Trinajstić information content (AvgIpc) is 3.20. The predicted octanol–water partition coefficient (Wildman–Crippen LogP) is 2.85. The van der Waals surface area contributed by atoms with Crippen molar-refractivity contribution < 1.29 is 18.9 Å². The summed E-state index contributed by atoms with van der Waals surface area (Å²) < 4.78 is 8.59. The van der Waals surface area contributed by atoms with E-state index >= 15 is 0 Å². The van der Waals surface area contributed by atoms with Gasteiger partial charge in [-0.15, -0.1) is 0 Å². The molecule has 4 rings (SSSR count). The number of nitrogens with one attached hydrogen (secondary N) is 1. The topological polar surface area (TPSA) is 77.1 Å². The van der Waals surface area contributed by atoms with Crippen LogP contribution in [0.25, 0.3) is 10.9 Å². The van der Waals surface area contributed by atoms with Crippen LogP contribution >= 0.6 is 0 Å². The Morgan fingerprint density at radius 1 is 1.10 bits per heavy atom. The average molecular weight is 401 g/mol. The lowest BCUT2D eigenvalue weighted by molar-refractivity contribution is -0.682. The van der Waals surface area contributed by atoms with Gasteiger partial charge in [0.25, 0.3) is 5.91 Å². The van der Waals surface area contributed by atoms with Crippen LogP contribution in [0.2, 0.25) is 0 Å². The number of methoxy groups -OCH3 is 1. The molecular formula is C23H21N4O3+. The first-order valence-corrected chi connectivity index (χ1v) is 9.48. The van der Waals surface area contributed by atoms with Gasteiger partial charge in [0.15, 0.2) is 13.1 Å². The number of nitrogens with zero attached hydrogens (tertiary/aromatic N) is 3. The van der Waals surface area contributed by atoms with Gasteiger partial charge in [0.05, 0.1) is 18.3 Å². The molecule has 1 amide bonds. The highest BCUT2D eigenvalue weighted by molar-refractivity contribution is 6.00. The molecule has 7 heteroatoms. The first-order valence-electron chi connectivity index (χ1n) is 9.48. The molecular weight excluding hydrogens is 380 g/mol. The molecule has 2 aromatic heterocycles. The number of para-hydroxylation sites is 1. The van der Waals surface area contributed by atoms with Crippen molar-refractivity contribution in [2.45, 2.75) is 13.1 Å².